The van der Waals surface area contributed by atoms with Crippen LogP contribution >= 0.6 is 12.2 Å². The van der Waals surface area contributed by atoms with Gasteiger partial charge in [0.2, 0.25) is 0 Å². The van der Waals surface area contributed by atoms with Crippen LogP contribution < -0.4 is 10.6 Å². The van der Waals surface area contributed by atoms with Gasteiger partial charge in [-0.25, -0.2) is 4.79 Å². The lowest BCUT2D eigenvalue weighted by atomic mass is 10.1. The zero-order valence-corrected chi connectivity index (χ0v) is 8.62. The van der Waals surface area contributed by atoms with Gasteiger partial charge in [0.25, 0.3) is 0 Å². The Bertz CT molecular complexity index is 286. The fourth-order valence-electron chi connectivity index (χ4n) is 1.31. The molecule has 13 heavy (non-hydrogen) atoms. The van der Waals surface area contributed by atoms with Gasteiger partial charge in [0.1, 0.15) is 0 Å². The molecule has 0 aromatic rings. The second kappa shape index (κ2) is 3.74. The van der Waals surface area contributed by atoms with Crippen LogP contribution in [-0.4, -0.2) is 24.2 Å². The first-order chi connectivity index (χ1) is 6.06. The topological polar surface area (TPSA) is 50.4 Å². The second-order valence-electron chi connectivity index (χ2n) is 2.85. The average Bonchev–Trinajstić information content (AvgIpc) is 2.02. The predicted molar refractivity (Wildman–Crippen MR) is 53.0 cm³/mol. The van der Waals surface area contributed by atoms with Gasteiger partial charge >= 0.3 is 5.97 Å². The molecule has 0 spiro atoms. The summed E-state index contributed by atoms with van der Waals surface area (Å²) in [6, 6.07) is -0.0961. The van der Waals surface area contributed by atoms with Crippen molar-refractivity contribution in [3.8, 4) is 0 Å². The highest BCUT2D eigenvalue weighted by Gasteiger charge is 2.25. The van der Waals surface area contributed by atoms with E-state index in [4.69, 9.17) is 12.2 Å². The summed E-state index contributed by atoms with van der Waals surface area (Å²) >= 11 is 4.93. The third-order valence-electron chi connectivity index (χ3n) is 1.89. The summed E-state index contributed by atoms with van der Waals surface area (Å²) in [4.78, 5) is 11.3. The highest BCUT2D eigenvalue weighted by atomic mass is 32.1. The summed E-state index contributed by atoms with van der Waals surface area (Å²) < 4.78 is 4.65. The number of hydrogen-bond acceptors (Lipinski definition) is 3. The fourth-order valence-corrected chi connectivity index (χ4v) is 1.64. The molecule has 72 valence electrons. The Labute approximate surface area is 82.3 Å². The van der Waals surface area contributed by atoms with E-state index in [1.54, 1.807) is 6.92 Å². The molecule has 4 nitrogen and oxygen atoms in total. The molecule has 1 atom stereocenters. The molecule has 0 saturated heterocycles. The molecule has 1 heterocycles. The van der Waals surface area contributed by atoms with Crippen LogP contribution in [0.5, 0.6) is 0 Å². The number of ether oxygens (including phenoxy) is 1. The molecule has 0 aromatic carbocycles. The normalized spacial score (nSPS) is 22.1. The minimum Gasteiger partial charge on any atom is -0.466 e. The van der Waals surface area contributed by atoms with Crippen molar-refractivity contribution in [2.24, 2.45) is 0 Å². The van der Waals surface area contributed by atoms with E-state index in [-0.39, 0.29) is 12.0 Å². The maximum Gasteiger partial charge on any atom is 0.337 e. The number of hydrogen-bond donors (Lipinski definition) is 2. The third-order valence-corrected chi connectivity index (χ3v) is 2.11. The summed E-state index contributed by atoms with van der Waals surface area (Å²) in [7, 11) is 1.36. The number of carbonyl (C=O) groups is 1. The van der Waals surface area contributed by atoms with Gasteiger partial charge in [0, 0.05) is 5.70 Å². The van der Waals surface area contributed by atoms with Crippen molar-refractivity contribution in [1.29, 1.82) is 0 Å². The minimum atomic E-state index is -0.326. The predicted octanol–water partition coefficient (Wildman–Crippen LogP) is 0.300. The number of carbonyl (C=O) groups excluding carboxylic acids is 1. The van der Waals surface area contributed by atoms with Gasteiger partial charge in [-0.3, -0.25) is 0 Å². The Morgan fingerprint density at radius 3 is 2.69 bits per heavy atom. The first-order valence-corrected chi connectivity index (χ1v) is 4.33. The minimum absolute atomic E-state index is 0.0961. The van der Waals surface area contributed by atoms with E-state index in [0.29, 0.717) is 10.7 Å². The summed E-state index contributed by atoms with van der Waals surface area (Å²) in [5.74, 6) is -0.326. The van der Waals surface area contributed by atoms with Crippen LogP contribution in [0.15, 0.2) is 11.3 Å². The smallest absolute Gasteiger partial charge is 0.337 e. The van der Waals surface area contributed by atoms with Gasteiger partial charge in [0.15, 0.2) is 5.11 Å². The van der Waals surface area contributed by atoms with E-state index >= 15 is 0 Å². The van der Waals surface area contributed by atoms with Gasteiger partial charge in [0.05, 0.1) is 18.7 Å². The standard InChI is InChI=1S/C8H12N2O2S/c1-4-6(7(11)12-3)5(2)10-8(13)9-4/h4H,1-3H3,(H2,9,10,13)/t4-/m0/s1. The molecule has 0 unspecified atom stereocenters. The molecule has 0 aliphatic carbocycles. The Morgan fingerprint density at radius 1 is 1.62 bits per heavy atom. The van der Waals surface area contributed by atoms with E-state index in [0.717, 1.165) is 5.70 Å². The van der Waals surface area contributed by atoms with Crippen LogP contribution in [0.1, 0.15) is 13.8 Å². The number of thiocarbonyl (C=S) groups is 1. The molecule has 2 N–H and O–H groups in total. The van der Waals surface area contributed by atoms with Crippen LogP contribution in [-0.2, 0) is 9.53 Å². The molecule has 0 bridgehead atoms. The summed E-state index contributed by atoms with van der Waals surface area (Å²) in [6.45, 7) is 3.67. The molecular weight excluding hydrogens is 188 g/mol. The van der Waals surface area contributed by atoms with Crippen molar-refractivity contribution in [2.75, 3.05) is 7.11 Å². The molecule has 1 aliphatic heterocycles. The Hall–Kier alpha value is -1.10. The first kappa shape index (κ1) is 9.98. The highest BCUT2D eigenvalue weighted by Crippen LogP contribution is 2.12. The molecule has 5 heteroatoms. The van der Waals surface area contributed by atoms with Crippen LogP contribution in [0.2, 0.25) is 0 Å². The van der Waals surface area contributed by atoms with E-state index in [1.165, 1.54) is 7.11 Å². The van der Waals surface area contributed by atoms with Crippen LogP contribution in [0.3, 0.4) is 0 Å². The van der Waals surface area contributed by atoms with Crippen molar-refractivity contribution in [3.63, 3.8) is 0 Å². The van der Waals surface area contributed by atoms with Gasteiger partial charge in [-0.2, -0.15) is 0 Å². The van der Waals surface area contributed by atoms with Crippen molar-refractivity contribution in [2.45, 2.75) is 19.9 Å². The quantitative estimate of drug-likeness (QED) is 0.471. The van der Waals surface area contributed by atoms with Crippen molar-refractivity contribution in [3.05, 3.63) is 11.3 Å². The number of rotatable bonds is 1. The van der Waals surface area contributed by atoms with Gasteiger partial charge < -0.3 is 15.4 Å². The molecule has 1 aliphatic rings. The maximum atomic E-state index is 11.3. The zero-order chi connectivity index (χ0) is 10.0. The Morgan fingerprint density at radius 2 is 2.23 bits per heavy atom. The lowest BCUT2D eigenvalue weighted by Crippen LogP contribution is -2.48. The van der Waals surface area contributed by atoms with Gasteiger partial charge in [-0.1, -0.05) is 0 Å². The largest absolute Gasteiger partial charge is 0.466 e. The Kier molecular flexibility index (Phi) is 2.87. The van der Waals surface area contributed by atoms with Gasteiger partial charge in [-0.15, -0.1) is 0 Å². The lowest BCUT2D eigenvalue weighted by molar-refractivity contribution is -0.136. The highest BCUT2D eigenvalue weighted by molar-refractivity contribution is 7.80. The van der Waals surface area contributed by atoms with E-state index < -0.39 is 0 Å². The number of methoxy groups -OCH3 is 1. The molecule has 0 amide bonds. The molecule has 0 saturated carbocycles. The summed E-state index contributed by atoms with van der Waals surface area (Å²) in [5.41, 5.74) is 1.35. The van der Waals surface area contributed by atoms with Crippen molar-refractivity contribution in [1.82, 2.24) is 10.6 Å². The van der Waals surface area contributed by atoms with Crippen molar-refractivity contribution >= 4 is 23.3 Å². The number of allylic oxidation sites excluding steroid dienone is 1. The number of esters is 1. The second-order valence-corrected chi connectivity index (χ2v) is 3.26. The SMILES string of the molecule is COC(=O)C1=C(C)NC(=S)N[C@H]1C. The zero-order valence-electron chi connectivity index (χ0n) is 7.80. The molecular formula is C8H12N2O2S. The third kappa shape index (κ3) is 1.98. The molecule has 0 radical (unpaired) electrons. The molecule has 1 rings (SSSR count). The van der Waals surface area contributed by atoms with E-state index in [2.05, 4.69) is 15.4 Å². The number of nitrogens with one attached hydrogen (secondary N) is 2. The van der Waals surface area contributed by atoms with Crippen LogP contribution in [0.25, 0.3) is 0 Å². The van der Waals surface area contributed by atoms with Crippen LogP contribution in [0.4, 0.5) is 0 Å². The Balaban J connectivity index is 2.97. The summed E-state index contributed by atoms with van der Waals surface area (Å²) in [6.07, 6.45) is 0. The monoisotopic (exact) mass is 200 g/mol. The maximum absolute atomic E-state index is 11.3. The van der Waals surface area contributed by atoms with Crippen molar-refractivity contribution < 1.29 is 9.53 Å². The first-order valence-electron chi connectivity index (χ1n) is 3.93. The van der Waals surface area contributed by atoms with E-state index in [9.17, 15) is 4.79 Å². The molecule has 0 aromatic heterocycles. The lowest BCUT2D eigenvalue weighted by Gasteiger charge is -2.26. The van der Waals surface area contributed by atoms with Crippen LogP contribution in [0, 0.1) is 0 Å². The molecule has 0 fully saturated rings. The average molecular weight is 200 g/mol. The summed E-state index contributed by atoms with van der Waals surface area (Å²) in [5, 5.41) is 6.35. The van der Waals surface area contributed by atoms with Gasteiger partial charge in [-0.05, 0) is 26.1 Å². The fraction of sp³-hybridized carbons (Fsp3) is 0.500. The van der Waals surface area contributed by atoms with E-state index in [1.807, 2.05) is 6.92 Å².